The molecule has 0 radical (unpaired) electrons. The normalized spacial score (nSPS) is 16.6. The summed E-state index contributed by atoms with van der Waals surface area (Å²) >= 11 is 12.2. The Kier molecular flexibility index (Phi) is 7.26. The Bertz CT molecular complexity index is 1130. The van der Waals surface area contributed by atoms with Gasteiger partial charge in [0.1, 0.15) is 5.75 Å². The molecule has 10 heteroatoms. The van der Waals surface area contributed by atoms with Crippen molar-refractivity contribution in [3.05, 3.63) is 63.8 Å². The number of piperazine rings is 1. The Hall–Kier alpha value is -2.55. The molecule has 2 amide bonds. The van der Waals surface area contributed by atoms with Crippen molar-refractivity contribution in [3.63, 3.8) is 0 Å². The predicted molar refractivity (Wildman–Crippen MR) is 128 cm³/mol. The number of rotatable bonds is 5. The molecule has 2 aliphatic heterocycles. The van der Waals surface area contributed by atoms with E-state index in [1.54, 1.807) is 21.9 Å². The molecule has 1 saturated heterocycles. The van der Waals surface area contributed by atoms with Gasteiger partial charge in [0.25, 0.3) is 0 Å². The largest absolute Gasteiger partial charge is 0.453 e. The Morgan fingerprint density at radius 2 is 1.52 bits per heavy atom. The van der Waals surface area contributed by atoms with Crippen molar-refractivity contribution in [2.75, 3.05) is 37.7 Å². The minimum atomic E-state index is -1.54. The van der Waals surface area contributed by atoms with Crippen molar-refractivity contribution < 1.29 is 23.3 Å². The lowest BCUT2D eigenvalue weighted by Crippen LogP contribution is -2.51. The highest BCUT2D eigenvalue weighted by atomic mass is 35.5. The van der Waals surface area contributed by atoms with Gasteiger partial charge in [-0.2, -0.15) is 0 Å². The van der Waals surface area contributed by atoms with E-state index in [0.717, 1.165) is 5.56 Å². The average molecular weight is 509 g/mol. The summed E-state index contributed by atoms with van der Waals surface area (Å²) in [6.45, 7) is 3.33. The summed E-state index contributed by atoms with van der Waals surface area (Å²) in [6.07, 6.45) is 0. The number of fused-ring (bicyclic) bond motifs is 1. The minimum absolute atomic E-state index is 0.0108. The summed E-state index contributed by atoms with van der Waals surface area (Å²) < 4.78 is 25.0. The zero-order valence-electron chi connectivity index (χ0n) is 17.9. The molecular weight excluding hydrogens is 487 g/mol. The number of hydrogen-bond donors (Lipinski definition) is 0. The van der Waals surface area contributed by atoms with Crippen molar-refractivity contribution in [1.82, 2.24) is 9.80 Å². The second kappa shape index (κ2) is 10.2. The van der Waals surface area contributed by atoms with Gasteiger partial charge in [-0.05, 0) is 0 Å². The molecule has 2 heterocycles. The third-order valence-corrected chi connectivity index (χ3v) is 7.25. The quantitative estimate of drug-likeness (QED) is 0.616. The maximum absolute atomic E-state index is 12.9. The van der Waals surface area contributed by atoms with Crippen LogP contribution in [-0.4, -0.2) is 63.5 Å². The fourth-order valence-corrected chi connectivity index (χ4v) is 4.97. The number of hydrogen-bond acceptors (Lipinski definition) is 5. The third kappa shape index (κ3) is 5.51. The lowest BCUT2D eigenvalue weighted by molar-refractivity contribution is -0.136. The van der Waals surface area contributed by atoms with Gasteiger partial charge < -0.3 is 19.3 Å². The van der Waals surface area contributed by atoms with Gasteiger partial charge in [-0.25, -0.2) is 0 Å². The summed E-state index contributed by atoms with van der Waals surface area (Å²) in [4.78, 5) is 27.5. The third-order valence-electron chi connectivity index (χ3n) is 5.38. The second-order valence-electron chi connectivity index (χ2n) is 7.65. The highest BCUT2D eigenvalue weighted by molar-refractivity contribution is 7.85. The van der Waals surface area contributed by atoms with Crippen LogP contribution in [0.2, 0.25) is 10.0 Å². The number of ether oxygens (including phenoxy) is 2. The molecule has 2 aromatic carbocycles. The molecule has 2 aliphatic rings. The molecular formula is C23H22Cl2N2O5S. The molecule has 1 atom stereocenters. The Morgan fingerprint density at radius 1 is 0.939 bits per heavy atom. The smallest absolute Gasteiger partial charge is 0.235 e. The molecule has 174 valence electrons. The van der Waals surface area contributed by atoms with E-state index in [0.29, 0.717) is 59.2 Å². The van der Waals surface area contributed by atoms with E-state index in [1.165, 1.54) is 6.92 Å². The Labute approximate surface area is 204 Å². The van der Waals surface area contributed by atoms with E-state index in [4.69, 9.17) is 32.7 Å². The van der Waals surface area contributed by atoms with Gasteiger partial charge in [0, 0.05) is 61.6 Å². The summed E-state index contributed by atoms with van der Waals surface area (Å²) in [5.74, 6) is 1.14. The maximum atomic E-state index is 12.9. The highest BCUT2D eigenvalue weighted by Crippen LogP contribution is 2.43. The molecule has 0 bridgehead atoms. The summed E-state index contributed by atoms with van der Waals surface area (Å²) in [7, 11) is -1.54. The summed E-state index contributed by atoms with van der Waals surface area (Å²) in [5, 5.41) is 0.636. The van der Waals surface area contributed by atoms with Gasteiger partial charge >= 0.3 is 0 Å². The van der Waals surface area contributed by atoms with E-state index >= 15 is 0 Å². The topological polar surface area (TPSA) is 76.2 Å². The van der Waals surface area contributed by atoms with Crippen LogP contribution >= 0.6 is 23.2 Å². The van der Waals surface area contributed by atoms with Crippen LogP contribution in [-0.2, 0) is 20.4 Å². The predicted octanol–water partition coefficient (Wildman–Crippen LogP) is 3.57. The molecule has 0 aliphatic carbocycles. The second-order valence-corrected chi connectivity index (χ2v) is 9.92. The van der Waals surface area contributed by atoms with Crippen LogP contribution in [0.5, 0.6) is 11.5 Å². The van der Waals surface area contributed by atoms with Crippen molar-refractivity contribution >= 4 is 51.6 Å². The lowest BCUT2D eigenvalue weighted by Gasteiger charge is -2.34. The summed E-state index contributed by atoms with van der Waals surface area (Å²) in [5.41, 5.74) is 0.743. The van der Waals surface area contributed by atoms with Crippen molar-refractivity contribution in [2.45, 2.75) is 6.92 Å². The van der Waals surface area contributed by atoms with Crippen LogP contribution in [0.1, 0.15) is 12.5 Å². The SMILES string of the molecule is CC(=O)N1CCN(C(=O)CS(=O)CC2=C(c3ccccc3)Oc3cc(Cl)c(Cl)cc3O2)CC1. The van der Waals surface area contributed by atoms with Crippen LogP contribution in [0.15, 0.2) is 48.2 Å². The first-order valence-corrected chi connectivity index (χ1v) is 12.6. The van der Waals surface area contributed by atoms with Crippen molar-refractivity contribution in [1.29, 1.82) is 0 Å². The van der Waals surface area contributed by atoms with Gasteiger partial charge in [-0.1, -0.05) is 53.5 Å². The number of benzene rings is 2. The van der Waals surface area contributed by atoms with Crippen molar-refractivity contribution in [2.24, 2.45) is 0 Å². The number of carbonyl (C=O) groups is 2. The maximum Gasteiger partial charge on any atom is 0.235 e. The molecule has 4 rings (SSSR count). The lowest BCUT2D eigenvalue weighted by atomic mass is 10.1. The summed E-state index contributed by atoms with van der Waals surface area (Å²) in [6, 6.07) is 12.4. The first-order chi connectivity index (χ1) is 15.8. The molecule has 0 aromatic heterocycles. The van der Waals surface area contributed by atoms with E-state index in [2.05, 4.69) is 0 Å². The van der Waals surface area contributed by atoms with E-state index in [9.17, 15) is 13.8 Å². The van der Waals surface area contributed by atoms with Gasteiger partial charge in [0.2, 0.25) is 11.8 Å². The van der Waals surface area contributed by atoms with E-state index < -0.39 is 10.8 Å². The average Bonchev–Trinajstić information content (AvgIpc) is 2.80. The molecule has 7 nitrogen and oxygen atoms in total. The number of halogens is 2. The van der Waals surface area contributed by atoms with Gasteiger partial charge in [0.15, 0.2) is 23.0 Å². The molecule has 0 saturated carbocycles. The van der Waals surface area contributed by atoms with Crippen LogP contribution in [0.4, 0.5) is 0 Å². The van der Waals surface area contributed by atoms with Crippen LogP contribution in [0.25, 0.3) is 5.76 Å². The number of amides is 2. The molecule has 0 N–H and O–H groups in total. The van der Waals surface area contributed by atoms with Crippen LogP contribution < -0.4 is 9.47 Å². The first kappa shape index (κ1) is 23.6. The minimum Gasteiger partial charge on any atom is -0.453 e. The number of carbonyl (C=O) groups excluding carboxylic acids is 2. The zero-order chi connectivity index (χ0) is 23.5. The molecule has 1 unspecified atom stereocenters. The fraction of sp³-hybridized carbons (Fsp3) is 0.304. The molecule has 1 fully saturated rings. The molecule has 2 aromatic rings. The Morgan fingerprint density at radius 3 is 2.12 bits per heavy atom. The van der Waals surface area contributed by atoms with Gasteiger partial charge in [-0.3, -0.25) is 13.8 Å². The van der Waals surface area contributed by atoms with Crippen molar-refractivity contribution in [3.8, 4) is 11.5 Å². The zero-order valence-corrected chi connectivity index (χ0v) is 20.2. The molecule has 33 heavy (non-hydrogen) atoms. The Balaban J connectivity index is 1.49. The van der Waals surface area contributed by atoms with Crippen LogP contribution in [0, 0.1) is 0 Å². The van der Waals surface area contributed by atoms with E-state index in [1.807, 2.05) is 30.3 Å². The highest BCUT2D eigenvalue weighted by Gasteiger charge is 2.28. The first-order valence-electron chi connectivity index (χ1n) is 10.3. The fourth-order valence-electron chi connectivity index (χ4n) is 3.62. The van der Waals surface area contributed by atoms with Gasteiger partial charge in [0.05, 0.1) is 15.8 Å². The van der Waals surface area contributed by atoms with Crippen LogP contribution in [0.3, 0.4) is 0 Å². The van der Waals surface area contributed by atoms with E-state index in [-0.39, 0.29) is 23.3 Å². The van der Waals surface area contributed by atoms with Gasteiger partial charge in [-0.15, -0.1) is 0 Å². The molecule has 0 spiro atoms. The number of nitrogens with zero attached hydrogens (tertiary/aromatic N) is 2. The monoisotopic (exact) mass is 508 g/mol. The standard InChI is InChI=1S/C23H22Cl2N2O5S/c1-15(28)26-7-9-27(10-8-26)22(29)14-33(30)13-21-23(16-5-3-2-4-6-16)32-20-12-18(25)17(24)11-19(20)31-21/h2-6,11-12H,7-10,13-14H2,1H3.